The predicted molar refractivity (Wildman–Crippen MR) is 53.5 cm³/mol. The van der Waals surface area contributed by atoms with Gasteiger partial charge in [-0.3, -0.25) is 0 Å². The summed E-state index contributed by atoms with van der Waals surface area (Å²) >= 11 is 0. The van der Waals surface area contributed by atoms with Crippen molar-refractivity contribution in [1.82, 2.24) is 0 Å². The third-order valence-electron chi connectivity index (χ3n) is 1.25. The van der Waals surface area contributed by atoms with Crippen LogP contribution in [0.15, 0.2) is 12.7 Å². The third kappa shape index (κ3) is 13.1. The van der Waals surface area contributed by atoms with Gasteiger partial charge in [0.2, 0.25) is 0 Å². The molecule has 90 valence electrons. The van der Waals surface area contributed by atoms with Crippen molar-refractivity contribution < 1.29 is 29.6 Å². The van der Waals surface area contributed by atoms with Crippen molar-refractivity contribution in [2.75, 3.05) is 39.6 Å². The van der Waals surface area contributed by atoms with E-state index in [2.05, 4.69) is 11.3 Å². The normalized spacial score (nSPS) is 9.13. The van der Waals surface area contributed by atoms with Crippen molar-refractivity contribution >= 4 is 5.97 Å². The van der Waals surface area contributed by atoms with Crippen molar-refractivity contribution in [2.45, 2.75) is 0 Å². The summed E-state index contributed by atoms with van der Waals surface area (Å²) in [5, 5.41) is 8.36. The van der Waals surface area contributed by atoms with Gasteiger partial charge in [-0.05, 0) is 0 Å². The maximum atomic E-state index is 10.5. The Bertz CT molecular complexity index is 159. The molecule has 0 aliphatic rings. The average Bonchev–Trinajstić information content (AvgIpc) is 2.21. The smallest absolute Gasteiger partial charge is 0.330 e. The van der Waals surface area contributed by atoms with Gasteiger partial charge in [-0.15, -0.1) is 0 Å². The molecule has 0 aromatic rings. The van der Waals surface area contributed by atoms with Crippen LogP contribution in [0, 0.1) is 0 Å². The van der Waals surface area contributed by atoms with Gasteiger partial charge in [0.1, 0.15) is 6.61 Å². The van der Waals surface area contributed by atoms with Crippen LogP contribution in [0.2, 0.25) is 0 Å². The molecule has 6 heteroatoms. The van der Waals surface area contributed by atoms with E-state index in [1.54, 1.807) is 0 Å². The lowest BCUT2D eigenvalue weighted by Gasteiger charge is -2.04. The van der Waals surface area contributed by atoms with Crippen LogP contribution < -0.4 is 0 Å². The molecule has 0 aliphatic heterocycles. The second-order valence-corrected chi connectivity index (χ2v) is 2.32. The first-order valence-corrected chi connectivity index (χ1v) is 4.36. The van der Waals surface area contributed by atoms with Crippen molar-refractivity contribution in [2.24, 2.45) is 0 Å². The lowest BCUT2D eigenvalue weighted by molar-refractivity contribution is -0.139. The van der Waals surface area contributed by atoms with Gasteiger partial charge in [-0.2, -0.15) is 0 Å². The topological polar surface area (TPSA) is 96.5 Å². The molecule has 0 spiro atoms. The Balaban J connectivity index is 0. The molecular weight excluding hydrogens is 204 g/mol. The number of ether oxygens (including phenoxy) is 3. The summed E-state index contributed by atoms with van der Waals surface area (Å²) in [7, 11) is 0. The van der Waals surface area contributed by atoms with Gasteiger partial charge in [0.15, 0.2) is 0 Å². The lowest BCUT2D eigenvalue weighted by atomic mass is 10.6. The fourth-order valence-electron chi connectivity index (χ4n) is 0.647. The van der Waals surface area contributed by atoms with Crippen LogP contribution in [0.25, 0.3) is 0 Å². The number of rotatable bonds is 9. The number of hydrogen-bond acceptors (Lipinski definition) is 5. The Morgan fingerprint density at radius 2 is 1.67 bits per heavy atom. The Morgan fingerprint density at radius 1 is 1.13 bits per heavy atom. The summed E-state index contributed by atoms with van der Waals surface area (Å²) in [5.74, 6) is -0.454. The summed E-state index contributed by atoms with van der Waals surface area (Å²) in [6, 6.07) is 0. The number of hydrogen-bond donors (Lipinski definition) is 1. The molecule has 0 amide bonds. The fraction of sp³-hybridized carbons (Fsp3) is 0.667. The monoisotopic (exact) mass is 222 g/mol. The first-order valence-electron chi connectivity index (χ1n) is 4.36. The van der Waals surface area contributed by atoms with Gasteiger partial charge in [0.05, 0.1) is 33.0 Å². The van der Waals surface area contributed by atoms with Gasteiger partial charge in [-0.1, -0.05) is 6.58 Å². The minimum Gasteiger partial charge on any atom is -0.460 e. The fourth-order valence-corrected chi connectivity index (χ4v) is 0.647. The van der Waals surface area contributed by atoms with E-state index in [1.165, 1.54) is 0 Å². The highest BCUT2D eigenvalue weighted by molar-refractivity contribution is 5.81. The number of aliphatic hydroxyl groups is 1. The van der Waals surface area contributed by atoms with Crippen LogP contribution in [-0.2, 0) is 19.0 Å². The molecule has 0 aliphatic carbocycles. The van der Waals surface area contributed by atoms with E-state index in [0.29, 0.717) is 26.4 Å². The molecule has 0 atom stereocenters. The Labute approximate surface area is 88.7 Å². The van der Waals surface area contributed by atoms with Crippen LogP contribution in [0.1, 0.15) is 0 Å². The molecule has 6 nitrogen and oxygen atoms in total. The SMILES string of the molecule is C=CC(=O)OCCOCCOCCO.O. The number of aliphatic hydroxyl groups excluding tert-OH is 1. The quantitative estimate of drug-likeness (QED) is 0.304. The predicted octanol–water partition coefficient (Wildman–Crippen LogP) is -1.08. The number of carbonyl (C=O) groups excluding carboxylic acids is 1. The number of esters is 1. The molecule has 0 rings (SSSR count). The molecule has 3 N–H and O–H groups in total. The summed E-state index contributed by atoms with van der Waals surface area (Å²) in [5.41, 5.74) is 0. The third-order valence-corrected chi connectivity index (χ3v) is 1.25. The van der Waals surface area contributed by atoms with Gasteiger partial charge in [0, 0.05) is 6.08 Å². The van der Waals surface area contributed by atoms with E-state index >= 15 is 0 Å². The first-order chi connectivity index (χ1) is 6.81. The summed E-state index contributed by atoms with van der Waals surface area (Å²) in [6.45, 7) is 4.97. The lowest BCUT2D eigenvalue weighted by Crippen LogP contribution is -2.12. The van der Waals surface area contributed by atoms with E-state index in [-0.39, 0.29) is 18.7 Å². The van der Waals surface area contributed by atoms with Gasteiger partial charge < -0.3 is 24.8 Å². The second-order valence-electron chi connectivity index (χ2n) is 2.32. The van der Waals surface area contributed by atoms with E-state index in [9.17, 15) is 4.79 Å². The molecule has 0 saturated heterocycles. The Kier molecular flexibility index (Phi) is 14.3. The van der Waals surface area contributed by atoms with Crippen molar-refractivity contribution in [3.05, 3.63) is 12.7 Å². The van der Waals surface area contributed by atoms with Crippen LogP contribution >= 0.6 is 0 Å². The first kappa shape index (κ1) is 16.5. The van der Waals surface area contributed by atoms with Crippen molar-refractivity contribution in [3.8, 4) is 0 Å². The molecule has 0 saturated carbocycles. The second kappa shape index (κ2) is 13.1. The molecule has 0 bridgehead atoms. The molecule has 0 fully saturated rings. The van der Waals surface area contributed by atoms with Crippen molar-refractivity contribution in [1.29, 1.82) is 0 Å². The highest BCUT2D eigenvalue weighted by atomic mass is 16.6. The molecule has 0 unspecified atom stereocenters. The van der Waals surface area contributed by atoms with Gasteiger partial charge in [0.25, 0.3) is 0 Å². The Hall–Kier alpha value is -0.950. The van der Waals surface area contributed by atoms with Gasteiger partial charge in [-0.25, -0.2) is 4.79 Å². The molecule has 0 aromatic carbocycles. The zero-order valence-corrected chi connectivity index (χ0v) is 8.61. The molecular formula is C9H18O6. The van der Waals surface area contributed by atoms with Crippen LogP contribution in [0.5, 0.6) is 0 Å². The largest absolute Gasteiger partial charge is 0.460 e. The van der Waals surface area contributed by atoms with E-state index in [1.807, 2.05) is 0 Å². The maximum absolute atomic E-state index is 10.5. The zero-order valence-electron chi connectivity index (χ0n) is 8.61. The van der Waals surface area contributed by atoms with Crippen molar-refractivity contribution in [3.63, 3.8) is 0 Å². The number of carbonyl (C=O) groups is 1. The maximum Gasteiger partial charge on any atom is 0.330 e. The van der Waals surface area contributed by atoms with Crippen LogP contribution in [0.4, 0.5) is 0 Å². The summed E-state index contributed by atoms with van der Waals surface area (Å²) < 4.78 is 14.6. The van der Waals surface area contributed by atoms with E-state index in [4.69, 9.17) is 14.6 Å². The van der Waals surface area contributed by atoms with Crippen LogP contribution in [-0.4, -0.2) is 56.2 Å². The highest BCUT2D eigenvalue weighted by Gasteiger charge is 1.94. The summed E-state index contributed by atoms with van der Waals surface area (Å²) in [6.07, 6.45) is 1.10. The minimum atomic E-state index is -0.454. The molecule has 0 heterocycles. The van der Waals surface area contributed by atoms with Crippen LogP contribution in [0.3, 0.4) is 0 Å². The zero-order chi connectivity index (χ0) is 10.6. The average molecular weight is 222 g/mol. The molecule has 15 heavy (non-hydrogen) atoms. The van der Waals surface area contributed by atoms with E-state index in [0.717, 1.165) is 6.08 Å². The van der Waals surface area contributed by atoms with Gasteiger partial charge >= 0.3 is 5.97 Å². The standard InChI is InChI=1S/C9H16O5.H2O/c1-2-9(11)14-8-7-13-6-5-12-4-3-10;/h2,10H,1,3-8H2;1H2. The Morgan fingerprint density at radius 3 is 2.20 bits per heavy atom. The minimum absolute atomic E-state index is 0. The highest BCUT2D eigenvalue weighted by Crippen LogP contribution is 1.82. The summed E-state index contributed by atoms with van der Waals surface area (Å²) in [4.78, 5) is 10.5. The molecule has 0 aromatic heterocycles. The molecule has 0 radical (unpaired) electrons. The van der Waals surface area contributed by atoms with E-state index < -0.39 is 5.97 Å².